The zero-order chi connectivity index (χ0) is 11.5. The highest BCUT2D eigenvalue weighted by Crippen LogP contribution is 2.23. The van der Waals surface area contributed by atoms with Crippen LogP contribution in [-0.4, -0.2) is 15.3 Å². The lowest BCUT2D eigenvalue weighted by Gasteiger charge is -2.05. The molecule has 0 aliphatic heterocycles. The minimum atomic E-state index is 0.258. The van der Waals surface area contributed by atoms with Crippen LogP contribution >= 0.6 is 27.3 Å². The summed E-state index contributed by atoms with van der Waals surface area (Å²) >= 11 is 4.93. The Bertz CT molecular complexity index is 501. The molecule has 16 heavy (non-hydrogen) atoms. The Hall–Kier alpha value is -1.14. The molecule has 84 valence electrons. The minimum Gasteiger partial charge on any atom is -0.508 e. The van der Waals surface area contributed by atoms with Crippen molar-refractivity contribution in [3.8, 4) is 5.75 Å². The number of halogens is 1. The fraction of sp³-hybridized carbons (Fsp3) is 0.200. The highest BCUT2D eigenvalue weighted by Gasteiger charge is 2.03. The molecule has 0 radical (unpaired) electrons. The fourth-order valence-corrected chi connectivity index (χ4v) is 2.21. The van der Waals surface area contributed by atoms with Crippen LogP contribution in [-0.2, 0) is 6.54 Å². The van der Waals surface area contributed by atoms with Crippen LogP contribution in [0.15, 0.2) is 22.7 Å². The zero-order valence-electron chi connectivity index (χ0n) is 8.57. The minimum absolute atomic E-state index is 0.258. The normalized spacial score (nSPS) is 10.4. The van der Waals surface area contributed by atoms with Crippen LogP contribution in [0.3, 0.4) is 0 Å². The average molecular weight is 300 g/mol. The lowest BCUT2D eigenvalue weighted by Crippen LogP contribution is -1.99. The number of aromatic nitrogens is 2. The Morgan fingerprint density at radius 3 is 2.94 bits per heavy atom. The number of phenolic OH excluding ortho intramolecular Hbond substituents is 1. The van der Waals surface area contributed by atoms with Crippen LogP contribution < -0.4 is 5.32 Å². The van der Waals surface area contributed by atoms with Crippen LogP contribution in [0, 0.1) is 6.92 Å². The van der Waals surface area contributed by atoms with Crippen molar-refractivity contribution in [2.24, 2.45) is 0 Å². The van der Waals surface area contributed by atoms with Crippen molar-refractivity contribution in [1.82, 2.24) is 10.2 Å². The summed E-state index contributed by atoms with van der Waals surface area (Å²) in [5.74, 6) is 0.258. The smallest absolute Gasteiger partial charge is 0.205 e. The van der Waals surface area contributed by atoms with Gasteiger partial charge in [-0.05, 0) is 30.7 Å². The Morgan fingerprint density at radius 2 is 2.25 bits per heavy atom. The van der Waals surface area contributed by atoms with Crippen molar-refractivity contribution in [2.45, 2.75) is 13.5 Å². The number of nitrogens with one attached hydrogen (secondary N) is 1. The lowest BCUT2D eigenvalue weighted by atomic mass is 10.2. The molecule has 2 aromatic rings. The van der Waals surface area contributed by atoms with Crippen molar-refractivity contribution >= 4 is 32.4 Å². The molecular formula is C10H10BrN3OS. The second-order valence-corrected chi connectivity index (χ2v) is 5.29. The van der Waals surface area contributed by atoms with Gasteiger partial charge in [0.2, 0.25) is 5.13 Å². The molecule has 0 saturated carbocycles. The van der Waals surface area contributed by atoms with E-state index >= 15 is 0 Å². The first-order valence-corrected chi connectivity index (χ1v) is 6.27. The fourth-order valence-electron chi connectivity index (χ4n) is 1.24. The molecular weight excluding hydrogens is 290 g/mol. The van der Waals surface area contributed by atoms with E-state index in [-0.39, 0.29) is 5.75 Å². The molecule has 1 heterocycles. The van der Waals surface area contributed by atoms with Gasteiger partial charge in [-0.2, -0.15) is 0 Å². The van der Waals surface area contributed by atoms with Crippen LogP contribution in [0.4, 0.5) is 5.13 Å². The second kappa shape index (κ2) is 4.80. The molecule has 0 aliphatic carbocycles. The third-order valence-electron chi connectivity index (χ3n) is 1.99. The van der Waals surface area contributed by atoms with Crippen molar-refractivity contribution in [3.05, 3.63) is 33.2 Å². The number of aromatic hydroxyl groups is 1. The van der Waals surface area contributed by atoms with E-state index in [1.807, 2.05) is 13.0 Å². The molecule has 2 rings (SSSR count). The number of benzene rings is 1. The van der Waals surface area contributed by atoms with Gasteiger partial charge in [0.25, 0.3) is 0 Å². The number of aryl methyl sites for hydroxylation is 1. The molecule has 1 aromatic heterocycles. The maximum Gasteiger partial charge on any atom is 0.205 e. The number of rotatable bonds is 3. The summed E-state index contributed by atoms with van der Waals surface area (Å²) in [6.07, 6.45) is 0. The third-order valence-corrected chi connectivity index (χ3v) is 3.56. The molecule has 0 atom stereocenters. The first kappa shape index (κ1) is 11.3. The predicted molar refractivity (Wildman–Crippen MR) is 67.8 cm³/mol. The van der Waals surface area contributed by atoms with Gasteiger partial charge < -0.3 is 10.4 Å². The SMILES string of the molecule is Cc1nnc(NCc2cc(O)ccc2Br)s1. The quantitative estimate of drug-likeness (QED) is 0.915. The highest BCUT2D eigenvalue weighted by atomic mass is 79.9. The zero-order valence-corrected chi connectivity index (χ0v) is 11.0. The molecule has 0 spiro atoms. The maximum atomic E-state index is 9.36. The summed E-state index contributed by atoms with van der Waals surface area (Å²) in [7, 11) is 0. The molecule has 0 bridgehead atoms. The second-order valence-electron chi connectivity index (χ2n) is 3.26. The van der Waals surface area contributed by atoms with Crippen LogP contribution in [0.5, 0.6) is 5.75 Å². The van der Waals surface area contributed by atoms with Gasteiger partial charge in [-0.25, -0.2) is 0 Å². The van der Waals surface area contributed by atoms with Crippen LogP contribution in [0.1, 0.15) is 10.6 Å². The number of nitrogens with zero attached hydrogens (tertiary/aromatic N) is 2. The summed E-state index contributed by atoms with van der Waals surface area (Å²) in [6.45, 7) is 2.51. The predicted octanol–water partition coefficient (Wildman–Crippen LogP) is 2.93. The average Bonchev–Trinajstić information content (AvgIpc) is 2.66. The third kappa shape index (κ3) is 2.70. The van der Waals surface area contributed by atoms with Gasteiger partial charge in [0.05, 0.1) is 0 Å². The summed E-state index contributed by atoms with van der Waals surface area (Å²) in [6, 6.07) is 5.17. The topological polar surface area (TPSA) is 58.0 Å². The summed E-state index contributed by atoms with van der Waals surface area (Å²) < 4.78 is 0.957. The Balaban J connectivity index is 2.07. The highest BCUT2D eigenvalue weighted by molar-refractivity contribution is 9.10. The standard InChI is InChI=1S/C10H10BrN3OS/c1-6-13-14-10(16-6)12-5-7-4-8(15)2-3-9(7)11/h2-4,15H,5H2,1H3,(H,12,14). The molecule has 1 aromatic carbocycles. The van der Waals surface area contributed by atoms with E-state index in [9.17, 15) is 5.11 Å². The van der Waals surface area contributed by atoms with Crippen molar-refractivity contribution < 1.29 is 5.11 Å². The van der Waals surface area contributed by atoms with Crippen molar-refractivity contribution in [2.75, 3.05) is 5.32 Å². The van der Waals surface area contributed by atoms with E-state index in [1.165, 1.54) is 11.3 Å². The molecule has 0 saturated heterocycles. The molecule has 6 heteroatoms. The van der Waals surface area contributed by atoms with E-state index < -0.39 is 0 Å². The van der Waals surface area contributed by atoms with Gasteiger partial charge in [0.1, 0.15) is 10.8 Å². The van der Waals surface area contributed by atoms with Crippen molar-refractivity contribution in [1.29, 1.82) is 0 Å². The van der Waals surface area contributed by atoms with E-state index in [0.29, 0.717) is 6.54 Å². The van der Waals surface area contributed by atoms with E-state index in [4.69, 9.17) is 0 Å². The lowest BCUT2D eigenvalue weighted by molar-refractivity contribution is 0.474. The molecule has 0 fully saturated rings. The number of anilines is 1. The van der Waals surface area contributed by atoms with Gasteiger partial charge >= 0.3 is 0 Å². The van der Waals surface area contributed by atoms with Gasteiger partial charge in [0.15, 0.2) is 0 Å². The number of hydrogen-bond donors (Lipinski definition) is 2. The molecule has 0 aliphatic rings. The van der Waals surface area contributed by atoms with Gasteiger partial charge in [0, 0.05) is 11.0 Å². The first-order valence-electron chi connectivity index (χ1n) is 4.66. The summed E-state index contributed by atoms with van der Waals surface area (Å²) in [5, 5.41) is 22.1. The van der Waals surface area contributed by atoms with E-state index in [0.717, 1.165) is 20.2 Å². The molecule has 0 amide bonds. The first-order chi connectivity index (χ1) is 7.65. The number of hydrogen-bond acceptors (Lipinski definition) is 5. The van der Waals surface area contributed by atoms with Gasteiger partial charge in [-0.1, -0.05) is 27.3 Å². The maximum absolute atomic E-state index is 9.36. The Kier molecular flexibility index (Phi) is 3.40. The Labute approximate surface area is 105 Å². The summed E-state index contributed by atoms with van der Waals surface area (Å²) in [4.78, 5) is 0. The molecule has 4 nitrogen and oxygen atoms in total. The van der Waals surface area contributed by atoms with Gasteiger partial charge in [-0.3, -0.25) is 0 Å². The van der Waals surface area contributed by atoms with Crippen LogP contribution in [0.25, 0.3) is 0 Å². The van der Waals surface area contributed by atoms with Crippen LogP contribution in [0.2, 0.25) is 0 Å². The Morgan fingerprint density at radius 1 is 1.44 bits per heavy atom. The largest absolute Gasteiger partial charge is 0.508 e. The monoisotopic (exact) mass is 299 g/mol. The molecule has 2 N–H and O–H groups in total. The van der Waals surface area contributed by atoms with E-state index in [1.54, 1.807) is 12.1 Å². The number of phenols is 1. The van der Waals surface area contributed by atoms with Crippen molar-refractivity contribution in [3.63, 3.8) is 0 Å². The summed E-state index contributed by atoms with van der Waals surface area (Å²) in [5.41, 5.74) is 0.979. The van der Waals surface area contributed by atoms with Gasteiger partial charge in [-0.15, -0.1) is 10.2 Å². The molecule has 0 unspecified atom stereocenters. The van der Waals surface area contributed by atoms with E-state index in [2.05, 4.69) is 31.4 Å².